The molecule has 2 heterocycles. The molecule has 1 aromatic heterocycles. The van der Waals surface area contributed by atoms with E-state index in [4.69, 9.17) is 11.6 Å². The molecule has 0 spiro atoms. The molecule has 4 nitrogen and oxygen atoms in total. The van der Waals surface area contributed by atoms with E-state index in [2.05, 4.69) is 15.2 Å². The summed E-state index contributed by atoms with van der Waals surface area (Å²) in [6, 6.07) is 7.79. The van der Waals surface area contributed by atoms with Gasteiger partial charge in [0.25, 0.3) is 0 Å². The maximum Gasteiger partial charge on any atom is 0.224 e. The van der Waals surface area contributed by atoms with Crippen LogP contribution in [0.2, 0.25) is 5.02 Å². The van der Waals surface area contributed by atoms with E-state index in [9.17, 15) is 4.79 Å². The third kappa shape index (κ3) is 3.59. The van der Waals surface area contributed by atoms with E-state index >= 15 is 0 Å². The predicted octanol–water partition coefficient (Wildman–Crippen LogP) is 2.98. The van der Waals surface area contributed by atoms with Crippen LogP contribution in [0.3, 0.4) is 0 Å². The lowest BCUT2D eigenvalue weighted by Crippen LogP contribution is -2.34. The van der Waals surface area contributed by atoms with Crippen molar-refractivity contribution in [3.63, 3.8) is 0 Å². The average Bonchev–Trinajstić information content (AvgIpc) is 3.19. The van der Waals surface area contributed by atoms with Crippen LogP contribution in [-0.4, -0.2) is 30.5 Å². The number of halogens is 1. The van der Waals surface area contributed by atoms with Crippen LogP contribution in [-0.2, 0) is 11.2 Å². The molecule has 2 aromatic rings. The zero-order valence-electron chi connectivity index (χ0n) is 12.2. The van der Waals surface area contributed by atoms with Crippen molar-refractivity contribution in [1.29, 1.82) is 0 Å². The van der Waals surface area contributed by atoms with Crippen LogP contribution in [0.4, 0.5) is 5.69 Å². The van der Waals surface area contributed by atoms with E-state index in [-0.39, 0.29) is 11.8 Å². The Bertz CT molecular complexity index is 632. The van der Waals surface area contributed by atoms with Gasteiger partial charge < -0.3 is 10.2 Å². The quantitative estimate of drug-likeness (QED) is 0.913. The van der Waals surface area contributed by atoms with Crippen molar-refractivity contribution >= 4 is 34.5 Å². The van der Waals surface area contributed by atoms with Crippen LogP contribution in [0.25, 0.3) is 0 Å². The first kappa shape index (κ1) is 15.3. The Morgan fingerprint density at radius 3 is 3.09 bits per heavy atom. The van der Waals surface area contributed by atoms with E-state index in [0.717, 1.165) is 42.3 Å². The summed E-state index contributed by atoms with van der Waals surface area (Å²) in [4.78, 5) is 18.7. The topological polar surface area (TPSA) is 45.2 Å². The molecule has 1 fully saturated rings. The molecule has 1 atom stereocenters. The molecule has 1 saturated heterocycles. The summed E-state index contributed by atoms with van der Waals surface area (Å²) < 4.78 is 0. The molecular weight excluding hydrogens is 318 g/mol. The third-order valence-corrected chi connectivity index (χ3v) is 4.87. The second-order valence-electron chi connectivity index (χ2n) is 5.40. The minimum Gasteiger partial charge on any atom is -0.370 e. The standard InChI is InChI=1S/C16H18ClN3OS/c17-14-3-1-2-4-15(14)20-8-6-12(9-20)16(21)18-7-5-13-10-22-11-19-13/h1-4,10-12H,5-9H2,(H,18,21)/t12-/m0/s1. The van der Waals surface area contributed by atoms with Crippen molar-refractivity contribution < 1.29 is 4.79 Å². The molecule has 0 aliphatic carbocycles. The zero-order chi connectivity index (χ0) is 15.4. The first-order valence-electron chi connectivity index (χ1n) is 7.38. The van der Waals surface area contributed by atoms with Gasteiger partial charge >= 0.3 is 0 Å². The number of nitrogens with one attached hydrogen (secondary N) is 1. The Morgan fingerprint density at radius 2 is 2.32 bits per heavy atom. The molecule has 3 rings (SSSR count). The van der Waals surface area contributed by atoms with E-state index in [1.54, 1.807) is 11.3 Å². The fraction of sp³-hybridized carbons (Fsp3) is 0.375. The molecule has 1 amide bonds. The number of nitrogens with zero attached hydrogens (tertiary/aromatic N) is 2. The second kappa shape index (κ2) is 7.11. The maximum atomic E-state index is 12.2. The van der Waals surface area contributed by atoms with Gasteiger partial charge in [-0.05, 0) is 18.6 Å². The molecule has 116 valence electrons. The van der Waals surface area contributed by atoms with Crippen LogP contribution in [0.5, 0.6) is 0 Å². The average molecular weight is 336 g/mol. The lowest BCUT2D eigenvalue weighted by atomic mass is 10.1. The molecule has 0 bridgehead atoms. The van der Waals surface area contributed by atoms with Gasteiger partial charge in [-0.2, -0.15) is 0 Å². The Balaban J connectivity index is 1.49. The molecule has 22 heavy (non-hydrogen) atoms. The summed E-state index contributed by atoms with van der Waals surface area (Å²) in [5.41, 5.74) is 3.87. The lowest BCUT2D eigenvalue weighted by Gasteiger charge is -2.19. The van der Waals surface area contributed by atoms with Crippen molar-refractivity contribution in [3.05, 3.63) is 45.9 Å². The van der Waals surface area contributed by atoms with Crippen molar-refractivity contribution in [2.24, 2.45) is 5.92 Å². The number of benzene rings is 1. The van der Waals surface area contributed by atoms with Gasteiger partial charge in [-0.25, -0.2) is 4.98 Å². The Kier molecular flexibility index (Phi) is 4.95. The van der Waals surface area contributed by atoms with Gasteiger partial charge in [0.1, 0.15) is 0 Å². The largest absolute Gasteiger partial charge is 0.370 e. The highest BCUT2D eigenvalue weighted by Gasteiger charge is 2.28. The summed E-state index contributed by atoms with van der Waals surface area (Å²) in [6.07, 6.45) is 1.66. The van der Waals surface area contributed by atoms with Gasteiger partial charge in [0, 0.05) is 31.4 Å². The SMILES string of the molecule is O=C(NCCc1cscn1)[C@H]1CCN(c2ccccc2Cl)C1. The van der Waals surface area contributed by atoms with Crippen LogP contribution in [0, 0.1) is 5.92 Å². The van der Waals surface area contributed by atoms with Gasteiger partial charge in [-0.1, -0.05) is 23.7 Å². The summed E-state index contributed by atoms with van der Waals surface area (Å²) in [5.74, 6) is 0.163. The minimum atomic E-state index is 0.0340. The second-order valence-corrected chi connectivity index (χ2v) is 6.53. The zero-order valence-corrected chi connectivity index (χ0v) is 13.7. The smallest absolute Gasteiger partial charge is 0.224 e. The van der Waals surface area contributed by atoms with Crippen molar-refractivity contribution in [2.75, 3.05) is 24.5 Å². The van der Waals surface area contributed by atoms with Gasteiger partial charge in [0.05, 0.1) is 27.8 Å². The molecule has 1 N–H and O–H groups in total. The highest BCUT2D eigenvalue weighted by atomic mass is 35.5. The Labute approximate surface area is 139 Å². The first-order chi connectivity index (χ1) is 10.7. The fourth-order valence-corrected chi connectivity index (χ4v) is 3.57. The molecule has 0 unspecified atom stereocenters. The Hall–Kier alpha value is -1.59. The number of amides is 1. The monoisotopic (exact) mass is 335 g/mol. The number of para-hydroxylation sites is 1. The number of carbonyl (C=O) groups is 1. The number of hydrogen-bond acceptors (Lipinski definition) is 4. The number of rotatable bonds is 5. The third-order valence-electron chi connectivity index (χ3n) is 3.92. The van der Waals surface area contributed by atoms with Gasteiger partial charge in [-0.3, -0.25) is 4.79 Å². The summed E-state index contributed by atoms with van der Waals surface area (Å²) >= 11 is 7.80. The Morgan fingerprint density at radius 1 is 1.45 bits per heavy atom. The summed E-state index contributed by atoms with van der Waals surface area (Å²) in [5, 5.41) is 5.77. The molecule has 6 heteroatoms. The molecule has 1 aliphatic heterocycles. The van der Waals surface area contributed by atoms with Gasteiger partial charge in [-0.15, -0.1) is 11.3 Å². The van der Waals surface area contributed by atoms with Crippen LogP contribution < -0.4 is 10.2 Å². The number of hydrogen-bond donors (Lipinski definition) is 1. The fourth-order valence-electron chi connectivity index (χ4n) is 2.72. The lowest BCUT2D eigenvalue weighted by molar-refractivity contribution is -0.124. The first-order valence-corrected chi connectivity index (χ1v) is 8.70. The number of anilines is 1. The molecular formula is C16H18ClN3OS. The number of thiazole rings is 1. The maximum absolute atomic E-state index is 12.2. The molecule has 1 aliphatic rings. The highest BCUT2D eigenvalue weighted by Crippen LogP contribution is 2.30. The molecule has 1 aromatic carbocycles. The van der Waals surface area contributed by atoms with Crippen molar-refractivity contribution in [1.82, 2.24) is 10.3 Å². The highest BCUT2D eigenvalue weighted by molar-refractivity contribution is 7.07. The van der Waals surface area contributed by atoms with E-state index in [0.29, 0.717) is 6.54 Å². The summed E-state index contributed by atoms with van der Waals surface area (Å²) in [7, 11) is 0. The van der Waals surface area contributed by atoms with Crippen LogP contribution in [0.15, 0.2) is 35.2 Å². The number of carbonyl (C=O) groups excluding carboxylic acids is 1. The van der Waals surface area contributed by atoms with Crippen molar-refractivity contribution in [2.45, 2.75) is 12.8 Å². The van der Waals surface area contributed by atoms with Gasteiger partial charge in [0.15, 0.2) is 0 Å². The van der Waals surface area contributed by atoms with E-state index < -0.39 is 0 Å². The van der Waals surface area contributed by atoms with E-state index in [1.165, 1.54) is 0 Å². The summed E-state index contributed by atoms with van der Waals surface area (Å²) in [6.45, 7) is 2.24. The van der Waals surface area contributed by atoms with Gasteiger partial charge in [0.2, 0.25) is 5.91 Å². The molecule has 0 radical (unpaired) electrons. The minimum absolute atomic E-state index is 0.0340. The predicted molar refractivity (Wildman–Crippen MR) is 90.6 cm³/mol. The van der Waals surface area contributed by atoms with Crippen molar-refractivity contribution in [3.8, 4) is 0 Å². The number of aromatic nitrogens is 1. The van der Waals surface area contributed by atoms with E-state index in [1.807, 2.05) is 35.2 Å². The van der Waals surface area contributed by atoms with Crippen LogP contribution in [0.1, 0.15) is 12.1 Å². The molecule has 0 saturated carbocycles. The normalized spacial score (nSPS) is 17.7. The van der Waals surface area contributed by atoms with Crippen LogP contribution >= 0.6 is 22.9 Å².